The Bertz CT molecular complexity index is 320. The van der Waals surface area contributed by atoms with Gasteiger partial charge in [-0.15, -0.1) is 5.10 Å². The van der Waals surface area contributed by atoms with Crippen LogP contribution in [0.25, 0.3) is 0 Å². The molecular formula is C11H19N3O. The molecule has 0 radical (unpaired) electrons. The lowest BCUT2D eigenvalue weighted by Gasteiger charge is -2.33. The highest BCUT2D eigenvalue weighted by Crippen LogP contribution is 2.25. The van der Waals surface area contributed by atoms with Gasteiger partial charge in [-0.2, -0.15) is 0 Å². The maximum absolute atomic E-state index is 5.97. The molecule has 0 saturated carbocycles. The van der Waals surface area contributed by atoms with E-state index in [2.05, 4.69) is 17.3 Å². The first-order valence-electron chi connectivity index (χ1n) is 5.49. The third-order valence-corrected chi connectivity index (χ3v) is 3.10. The van der Waals surface area contributed by atoms with Crippen molar-refractivity contribution in [2.75, 3.05) is 13.1 Å². The van der Waals surface area contributed by atoms with Crippen LogP contribution in [-0.4, -0.2) is 28.5 Å². The predicted molar refractivity (Wildman–Crippen MR) is 59.1 cm³/mol. The van der Waals surface area contributed by atoms with Gasteiger partial charge in [0.25, 0.3) is 0 Å². The highest BCUT2D eigenvalue weighted by molar-refractivity contribution is 5.15. The molecule has 1 N–H and O–H groups in total. The molecule has 1 aliphatic rings. The summed E-state index contributed by atoms with van der Waals surface area (Å²) in [6.07, 6.45) is 2.09. The maximum Gasteiger partial charge on any atom is 0.233 e. The van der Waals surface area contributed by atoms with E-state index >= 15 is 0 Å². The van der Waals surface area contributed by atoms with Crippen LogP contribution < -0.4 is 10.1 Å². The van der Waals surface area contributed by atoms with E-state index in [1.165, 1.54) is 0 Å². The fourth-order valence-electron chi connectivity index (χ4n) is 1.89. The van der Waals surface area contributed by atoms with Gasteiger partial charge in [0.05, 0.1) is 0 Å². The van der Waals surface area contributed by atoms with Crippen LogP contribution >= 0.6 is 0 Å². The molecule has 2 rings (SSSR count). The molecule has 0 amide bonds. The van der Waals surface area contributed by atoms with Gasteiger partial charge in [-0.05, 0) is 39.8 Å². The van der Waals surface area contributed by atoms with Gasteiger partial charge in [-0.3, -0.25) is 4.68 Å². The summed E-state index contributed by atoms with van der Waals surface area (Å²) in [4.78, 5) is 0. The van der Waals surface area contributed by atoms with Crippen molar-refractivity contribution < 1.29 is 4.74 Å². The molecule has 0 aromatic carbocycles. The number of rotatable bonds is 2. The van der Waals surface area contributed by atoms with Gasteiger partial charge in [0, 0.05) is 18.8 Å². The van der Waals surface area contributed by atoms with Crippen molar-refractivity contribution in [2.24, 2.45) is 7.05 Å². The zero-order valence-corrected chi connectivity index (χ0v) is 9.71. The minimum Gasteiger partial charge on any atom is -0.470 e. The van der Waals surface area contributed by atoms with Crippen LogP contribution in [-0.2, 0) is 7.05 Å². The fraction of sp³-hybridized carbons (Fsp3) is 0.727. The number of aryl methyl sites for hydroxylation is 2. The van der Waals surface area contributed by atoms with E-state index < -0.39 is 0 Å². The van der Waals surface area contributed by atoms with Crippen LogP contribution in [0, 0.1) is 6.92 Å². The first-order valence-corrected chi connectivity index (χ1v) is 5.49. The van der Waals surface area contributed by atoms with Crippen LogP contribution in [0.5, 0.6) is 5.88 Å². The molecule has 1 aliphatic heterocycles. The molecule has 0 unspecified atom stereocenters. The molecule has 1 saturated heterocycles. The van der Waals surface area contributed by atoms with Crippen LogP contribution in [0.15, 0.2) is 6.07 Å². The second-order valence-corrected chi connectivity index (χ2v) is 4.55. The van der Waals surface area contributed by atoms with E-state index in [1.54, 1.807) is 0 Å². The number of nitrogens with zero attached hydrogens (tertiary/aromatic N) is 2. The Labute approximate surface area is 90.6 Å². The van der Waals surface area contributed by atoms with E-state index in [1.807, 2.05) is 24.7 Å². The van der Waals surface area contributed by atoms with Crippen molar-refractivity contribution in [3.63, 3.8) is 0 Å². The first-order chi connectivity index (χ1) is 7.09. The van der Waals surface area contributed by atoms with E-state index in [0.717, 1.165) is 37.5 Å². The highest BCUT2D eigenvalue weighted by atomic mass is 16.5. The Hall–Kier alpha value is -1.03. The number of hydrogen-bond acceptors (Lipinski definition) is 3. The van der Waals surface area contributed by atoms with Crippen LogP contribution in [0.4, 0.5) is 0 Å². The second-order valence-electron chi connectivity index (χ2n) is 4.55. The van der Waals surface area contributed by atoms with Crippen molar-refractivity contribution in [3.05, 3.63) is 11.8 Å². The SMILES string of the molecule is Cc1cc(OC2(C)CCNCC2)nn1C. The Morgan fingerprint density at radius 3 is 2.67 bits per heavy atom. The molecule has 0 aliphatic carbocycles. The van der Waals surface area contributed by atoms with E-state index in [9.17, 15) is 0 Å². The average Bonchev–Trinajstić information content (AvgIpc) is 2.46. The van der Waals surface area contributed by atoms with Gasteiger partial charge < -0.3 is 10.1 Å². The molecule has 0 atom stereocenters. The lowest BCUT2D eigenvalue weighted by molar-refractivity contribution is 0.0502. The third-order valence-electron chi connectivity index (χ3n) is 3.10. The van der Waals surface area contributed by atoms with Gasteiger partial charge >= 0.3 is 0 Å². The Balaban J connectivity index is 2.06. The molecule has 1 aromatic heterocycles. The smallest absolute Gasteiger partial charge is 0.233 e. The predicted octanol–water partition coefficient (Wildman–Crippen LogP) is 1.25. The van der Waals surface area contributed by atoms with Gasteiger partial charge in [-0.1, -0.05) is 0 Å². The van der Waals surface area contributed by atoms with Gasteiger partial charge in [-0.25, -0.2) is 0 Å². The molecule has 4 nitrogen and oxygen atoms in total. The quantitative estimate of drug-likeness (QED) is 0.796. The zero-order valence-electron chi connectivity index (χ0n) is 9.71. The van der Waals surface area contributed by atoms with E-state index in [-0.39, 0.29) is 5.60 Å². The maximum atomic E-state index is 5.97. The molecule has 1 aromatic rings. The molecule has 2 heterocycles. The van der Waals surface area contributed by atoms with Crippen molar-refractivity contribution in [1.29, 1.82) is 0 Å². The average molecular weight is 209 g/mol. The van der Waals surface area contributed by atoms with Crippen LogP contribution in [0.1, 0.15) is 25.5 Å². The van der Waals surface area contributed by atoms with Crippen molar-refractivity contribution in [1.82, 2.24) is 15.1 Å². The van der Waals surface area contributed by atoms with Gasteiger partial charge in [0.1, 0.15) is 5.60 Å². The topological polar surface area (TPSA) is 39.1 Å². The van der Waals surface area contributed by atoms with Gasteiger partial charge in [0.15, 0.2) is 0 Å². The third kappa shape index (κ3) is 2.31. The van der Waals surface area contributed by atoms with Crippen LogP contribution in [0.2, 0.25) is 0 Å². The minimum atomic E-state index is -0.0496. The monoisotopic (exact) mass is 209 g/mol. The normalized spacial score (nSPS) is 20.2. The number of hydrogen-bond donors (Lipinski definition) is 1. The van der Waals surface area contributed by atoms with E-state index in [4.69, 9.17) is 4.74 Å². The standard InChI is InChI=1S/C11H19N3O/c1-9-8-10(13-14(9)3)15-11(2)4-6-12-7-5-11/h8,12H,4-7H2,1-3H3. The summed E-state index contributed by atoms with van der Waals surface area (Å²) < 4.78 is 7.82. The van der Waals surface area contributed by atoms with Crippen LogP contribution in [0.3, 0.4) is 0 Å². The summed E-state index contributed by atoms with van der Waals surface area (Å²) in [5.74, 6) is 0.749. The minimum absolute atomic E-state index is 0.0496. The molecule has 0 spiro atoms. The Kier molecular flexibility index (Phi) is 2.69. The lowest BCUT2D eigenvalue weighted by atomic mass is 9.95. The lowest BCUT2D eigenvalue weighted by Crippen LogP contribution is -2.43. The molecule has 4 heteroatoms. The summed E-state index contributed by atoms with van der Waals surface area (Å²) >= 11 is 0. The first kappa shape index (κ1) is 10.5. The number of aromatic nitrogens is 2. The largest absolute Gasteiger partial charge is 0.470 e. The molecule has 0 bridgehead atoms. The summed E-state index contributed by atoms with van der Waals surface area (Å²) in [6, 6.07) is 1.99. The summed E-state index contributed by atoms with van der Waals surface area (Å²) in [7, 11) is 1.94. The van der Waals surface area contributed by atoms with E-state index in [0.29, 0.717) is 0 Å². The summed E-state index contributed by atoms with van der Waals surface area (Å²) in [5, 5.41) is 7.66. The summed E-state index contributed by atoms with van der Waals surface area (Å²) in [6.45, 7) is 6.26. The van der Waals surface area contributed by atoms with Crippen molar-refractivity contribution in [3.8, 4) is 5.88 Å². The molecule has 1 fully saturated rings. The summed E-state index contributed by atoms with van der Waals surface area (Å²) in [5.41, 5.74) is 1.08. The Morgan fingerprint density at radius 1 is 1.47 bits per heavy atom. The second kappa shape index (κ2) is 3.85. The van der Waals surface area contributed by atoms with Crippen molar-refractivity contribution in [2.45, 2.75) is 32.3 Å². The van der Waals surface area contributed by atoms with Gasteiger partial charge in [0.2, 0.25) is 5.88 Å². The fourth-order valence-corrected chi connectivity index (χ4v) is 1.89. The number of nitrogens with one attached hydrogen (secondary N) is 1. The highest BCUT2D eigenvalue weighted by Gasteiger charge is 2.29. The van der Waals surface area contributed by atoms with Crippen molar-refractivity contribution >= 4 is 0 Å². The molecule has 15 heavy (non-hydrogen) atoms. The number of ether oxygens (including phenoxy) is 1. The zero-order chi connectivity index (χ0) is 10.9. The number of piperidine rings is 1. The molecular weight excluding hydrogens is 190 g/mol. The molecule has 84 valence electrons. The Morgan fingerprint density at radius 2 is 2.13 bits per heavy atom.